The number of hydrogen-bond acceptors (Lipinski definition) is 3. The largest absolute Gasteiger partial charge is 0.299 e. The molecule has 0 aliphatic carbocycles. The van der Waals surface area contributed by atoms with Crippen LogP contribution < -0.4 is 0 Å². The summed E-state index contributed by atoms with van der Waals surface area (Å²) in [6.07, 6.45) is 5.02. The van der Waals surface area contributed by atoms with Crippen LogP contribution in [0.25, 0.3) is 27.4 Å². The Labute approximate surface area is 157 Å². The highest BCUT2D eigenvalue weighted by Gasteiger charge is 2.21. The zero-order valence-electron chi connectivity index (χ0n) is 15.5. The third-order valence-electron chi connectivity index (χ3n) is 4.58. The second kappa shape index (κ2) is 7.50. The Hall–Kier alpha value is -2.33. The number of carbonyl (C=O) groups excluding carboxylic acids is 1. The van der Waals surface area contributed by atoms with Crippen molar-refractivity contribution in [1.29, 1.82) is 0 Å². The standard InChI is InChI=1S/C22H22FNOS/c1-5-17-14(4)26-22-20(17)19(15-8-10-16(23)11-9-15)18(7-6-12-25)21(24-22)13(2)3/h6-13H,5H2,1-4H3/b7-6+. The molecule has 26 heavy (non-hydrogen) atoms. The Morgan fingerprint density at radius 3 is 2.50 bits per heavy atom. The number of nitrogens with zero attached hydrogens (tertiary/aromatic N) is 1. The molecule has 0 aliphatic heterocycles. The maximum absolute atomic E-state index is 13.5. The number of thiophene rings is 1. The summed E-state index contributed by atoms with van der Waals surface area (Å²) in [6, 6.07) is 6.57. The summed E-state index contributed by atoms with van der Waals surface area (Å²) >= 11 is 1.70. The number of aldehydes is 1. The molecule has 3 rings (SSSR count). The van der Waals surface area contributed by atoms with E-state index in [0.29, 0.717) is 0 Å². The minimum atomic E-state index is -0.259. The zero-order valence-corrected chi connectivity index (χ0v) is 16.3. The fourth-order valence-corrected chi connectivity index (χ4v) is 4.55. The van der Waals surface area contributed by atoms with E-state index < -0.39 is 0 Å². The molecule has 0 unspecified atom stereocenters. The third kappa shape index (κ3) is 3.21. The van der Waals surface area contributed by atoms with Crippen molar-refractivity contribution in [2.75, 3.05) is 0 Å². The molecule has 0 bridgehead atoms. The predicted octanol–water partition coefficient (Wildman–Crippen LogP) is 6.31. The van der Waals surface area contributed by atoms with Crippen molar-refractivity contribution in [3.05, 3.63) is 57.9 Å². The fraction of sp³-hybridized carbons (Fsp3) is 0.273. The SMILES string of the molecule is CCc1c(C)sc2nc(C(C)C)c(/C=C/C=O)c(-c3ccc(F)cc3)c12. The van der Waals surface area contributed by atoms with E-state index in [4.69, 9.17) is 4.98 Å². The van der Waals surface area contributed by atoms with Crippen molar-refractivity contribution in [1.82, 2.24) is 4.98 Å². The van der Waals surface area contributed by atoms with Crippen LogP contribution in [0, 0.1) is 12.7 Å². The molecule has 4 heteroatoms. The first-order chi connectivity index (χ1) is 12.5. The quantitative estimate of drug-likeness (QED) is 0.391. The van der Waals surface area contributed by atoms with Gasteiger partial charge in [-0.25, -0.2) is 9.37 Å². The molecule has 0 atom stereocenters. The average molecular weight is 367 g/mol. The Bertz CT molecular complexity index is 984. The van der Waals surface area contributed by atoms with Gasteiger partial charge in [-0.3, -0.25) is 4.79 Å². The number of allylic oxidation sites excluding steroid dienone is 1. The predicted molar refractivity (Wildman–Crippen MR) is 108 cm³/mol. The summed E-state index contributed by atoms with van der Waals surface area (Å²) in [6.45, 7) is 8.46. The molecule has 3 aromatic rings. The molecular weight excluding hydrogens is 345 g/mol. The number of carbonyl (C=O) groups is 1. The summed E-state index contributed by atoms with van der Waals surface area (Å²) in [5.41, 5.74) is 5.15. The molecule has 2 aromatic heterocycles. The number of halogens is 1. The first kappa shape index (κ1) is 18.5. The topological polar surface area (TPSA) is 30.0 Å². The Kier molecular flexibility index (Phi) is 5.33. The van der Waals surface area contributed by atoms with E-state index in [2.05, 4.69) is 27.7 Å². The lowest BCUT2D eigenvalue weighted by Crippen LogP contribution is -2.01. The van der Waals surface area contributed by atoms with Gasteiger partial charge in [0, 0.05) is 21.4 Å². The molecule has 0 N–H and O–H groups in total. The van der Waals surface area contributed by atoms with Gasteiger partial charge >= 0.3 is 0 Å². The molecule has 2 heterocycles. The lowest BCUT2D eigenvalue weighted by Gasteiger charge is -2.17. The van der Waals surface area contributed by atoms with Crippen LogP contribution in [0.1, 0.15) is 48.4 Å². The van der Waals surface area contributed by atoms with Crippen LogP contribution in [-0.4, -0.2) is 11.3 Å². The molecule has 0 saturated heterocycles. The van der Waals surface area contributed by atoms with Gasteiger partial charge in [-0.2, -0.15) is 0 Å². The molecule has 2 nitrogen and oxygen atoms in total. The van der Waals surface area contributed by atoms with Crippen molar-refractivity contribution in [3.63, 3.8) is 0 Å². The van der Waals surface area contributed by atoms with Crippen LogP contribution in [0.15, 0.2) is 30.3 Å². The molecule has 0 spiro atoms. The van der Waals surface area contributed by atoms with Crippen molar-refractivity contribution >= 4 is 33.9 Å². The van der Waals surface area contributed by atoms with E-state index in [1.165, 1.54) is 28.6 Å². The van der Waals surface area contributed by atoms with Gasteiger partial charge in [0.05, 0.1) is 5.69 Å². The average Bonchev–Trinajstić information content (AvgIpc) is 2.94. The van der Waals surface area contributed by atoms with Gasteiger partial charge in [-0.15, -0.1) is 11.3 Å². The number of rotatable bonds is 5. The highest BCUT2D eigenvalue weighted by molar-refractivity contribution is 7.18. The van der Waals surface area contributed by atoms with Gasteiger partial charge < -0.3 is 0 Å². The second-order valence-electron chi connectivity index (χ2n) is 6.61. The third-order valence-corrected chi connectivity index (χ3v) is 5.62. The molecule has 0 saturated carbocycles. The zero-order chi connectivity index (χ0) is 18.8. The Morgan fingerprint density at radius 2 is 1.92 bits per heavy atom. The van der Waals surface area contributed by atoms with Gasteiger partial charge in [0.1, 0.15) is 16.9 Å². The van der Waals surface area contributed by atoms with Crippen LogP contribution in [-0.2, 0) is 11.2 Å². The van der Waals surface area contributed by atoms with Crippen LogP contribution in [0.3, 0.4) is 0 Å². The van der Waals surface area contributed by atoms with Gasteiger partial charge in [0.25, 0.3) is 0 Å². The number of aromatic nitrogens is 1. The summed E-state index contributed by atoms with van der Waals surface area (Å²) in [5, 5.41) is 1.12. The monoisotopic (exact) mass is 367 g/mol. The number of pyridine rings is 1. The minimum Gasteiger partial charge on any atom is -0.299 e. The first-order valence-corrected chi connectivity index (χ1v) is 9.63. The van der Waals surface area contributed by atoms with Gasteiger partial charge in [-0.05, 0) is 54.7 Å². The van der Waals surface area contributed by atoms with Crippen LogP contribution >= 0.6 is 11.3 Å². The van der Waals surface area contributed by atoms with E-state index in [0.717, 1.165) is 45.3 Å². The number of hydrogen-bond donors (Lipinski definition) is 0. The fourth-order valence-electron chi connectivity index (χ4n) is 3.42. The van der Waals surface area contributed by atoms with E-state index in [-0.39, 0.29) is 11.7 Å². The summed E-state index contributed by atoms with van der Waals surface area (Å²) in [5.74, 6) is -0.0530. The van der Waals surface area contributed by atoms with Crippen molar-refractivity contribution in [3.8, 4) is 11.1 Å². The minimum absolute atomic E-state index is 0.206. The Morgan fingerprint density at radius 1 is 1.23 bits per heavy atom. The maximum atomic E-state index is 13.5. The van der Waals surface area contributed by atoms with Gasteiger partial charge in [0.2, 0.25) is 0 Å². The smallest absolute Gasteiger partial charge is 0.142 e. The van der Waals surface area contributed by atoms with Crippen LogP contribution in [0.5, 0.6) is 0 Å². The highest BCUT2D eigenvalue weighted by atomic mass is 32.1. The van der Waals surface area contributed by atoms with E-state index in [1.807, 2.05) is 6.08 Å². The summed E-state index contributed by atoms with van der Waals surface area (Å²) in [4.78, 5) is 18.2. The van der Waals surface area contributed by atoms with Gasteiger partial charge in [-0.1, -0.05) is 32.9 Å². The second-order valence-corrected chi connectivity index (χ2v) is 7.82. The van der Waals surface area contributed by atoms with Crippen LogP contribution in [0.2, 0.25) is 0 Å². The van der Waals surface area contributed by atoms with Crippen molar-refractivity contribution in [2.24, 2.45) is 0 Å². The molecule has 0 aliphatic rings. The van der Waals surface area contributed by atoms with Gasteiger partial charge in [0.15, 0.2) is 0 Å². The summed E-state index contributed by atoms with van der Waals surface area (Å²) in [7, 11) is 0. The summed E-state index contributed by atoms with van der Waals surface area (Å²) < 4.78 is 13.5. The molecule has 0 amide bonds. The molecular formula is C22H22FNOS. The Balaban J connectivity index is 2.50. The lowest BCUT2D eigenvalue weighted by atomic mass is 9.90. The first-order valence-electron chi connectivity index (χ1n) is 8.81. The number of benzene rings is 1. The molecule has 1 aromatic carbocycles. The van der Waals surface area contributed by atoms with E-state index in [1.54, 1.807) is 23.5 Å². The highest BCUT2D eigenvalue weighted by Crippen LogP contribution is 2.42. The van der Waals surface area contributed by atoms with E-state index >= 15 is 0 Å². The lowest BCUT2D eigenvalue weighted by molar-refractivity contribution is -0.104. The van der Waals surface area contributed by atoms with Crippen LogP contribution in [0.4, 0.5) is 4.39 Å². The normalized spacial score (nSPS) is 11.8. The van der Waals surface area contributed by atoms with E-state index in [9.17, 15) is 9.18 Å². The molecule has 0 fully saturated rings. The number of aryl methyl sites for hydroxylation is 2. The maximum Gasteiger partial charge on any atom is 0.142 e. The van der Waals surface area contributed by atoms with Crippen molar-refractivity contribution in [2.45, 2.75) is 40.0 Å². The molecule has 134 valence electrons. The molecule has 0 radical (unpaired) electrons. The van der Waals surface area contributed by atoms with Crippen molar-refractivity contribution < 1.29 is 9.18 Å². The number of fused-ring (bicyclic) bond motifs is 1.